The molecule has 0 amide bonds. The first-order chi connectivity index (χ1) is 10.8. The third-order valence-corrected chi connectivity index (χ3v) is 4.96. The van der Waals surface area contributed by atoms with E-state index in [1.807, 2.05) is 0 Å². The van der Waals surface area contributed by atoms with Crippen molar-refractivity contribution in [2.45, 2.75) is 19.3 Å². The van der Waals surface area contributed by atoms with Gasteiger partial charge in [-0.1, -0.05) is 0 Å². The predicted molar refractivity (Wildman–Crippen MR) is 65.5 cm³/mol. The fraction of sp³-hybridized carbons (Fsp3) is 0.333. The molecule has 2 N–H and O–H groups in total. The molecule has 2 aliphatic rings. The molecule has 0 aromatic heterocycles. The Morgan fingerprint density at radius 2 is 1.04 bits per heavy atom. The Morgan fingerprint density at radius 3 is 1.33 bits per heavy atom. The van der Waals surface area contributed by atoms with Crippen LogP contribution in [0, 0.1) is 0 Å². The topological polar surface area (TPSA) is 189 Å². The fourth-order valence-electron chi connectivity index (χ4n) is 1.39. The molecular formula is C9H8Al2O13. The minimum absolute atomic E-state index is 0. The van der Waals surface area contributed by atoms with Gasteiger partial charge in [0.05, 0.1) is 0 Å². The van der Waals surface area contributed by atoms with E-state index in [2.05, 4.69) is 22.7 Å². The average Bonchev–Trinajstić information content (AvgIpc) is 2.34. The van der Waals surface area contributed by atoms with Crippen LogP contribution >= 0.6 is 0 Å². The van der Waals surface area contributed by atoms with E-state index in [1.165, 1.54) is 0 Å². The molecule has 2 saturated heterocycles. The minimum atomic E-state index is -3.34. The summed E-state index contributed by atoms with van der Waals surface area (Å²) in [5.74, 6) is -5.97. The molecule has 15 heteroatoms. The SMILES string of the molecule is O.O=C1CC(=O)[O][Al]([O]C(=O)CC(=O)[O][Al]2[O]C(=O)CC(=O)[O]2)[O]1. The zero-order valence-corrected chi connectivity index (χ0v) is 14.0. The summed E-state index contributed by atoms with van der Waals surface area (Å²) in [7, 11) is 0. The monoisotopic (exact) mass is 378 g/mol. The van der Waals surface area contributed by atoms with Crippen LogP contribution in [0.3, 0.4) is 0 Å². The fourth-order valence-corrected chi connectivity index (χ4v) is 3.47. The molecule has 0 aliphatic carbocycles. The van der Waals surface area contributed by atoms with Gasteiger partial charge in [0, 0.05) is 0 Å². The van der Waals surface area contributed by atoms with Gasteiger partial charge in [0.2, 0.25) is 0 Å². The smallest absolute Gasteiger partial charge is 0.550 e. The predicted octanol–water partition coefficient (Wildman–Crippen LogP) is -3.41. The van der Waals surface area contributed by atoms with Crippen LogP contribution in [0.25, 0.3) is 0 Å². The highest BCUT2D eigenvalue weighted by atomic mass is 27.3. The molecule has 2 fully saturated rings. The van der Waals surface area contributed by atoms with Crippen LogP contribution in [0.4, 0.5) is 0 Å². The zero-order chi connectivity index (χ0) is 17.0. The molecular weight excluding hydrogens is 370 g/mol. The minimum Gasteiger partial charge on any atom is -0.550 e. The van der Waals surface area contributed by atoms with Crippen molar-refractivity contribution in [2.75, 3.05) is 0 Å². The van der Waals surface area contributed by atoms with E-state index in [0.29, 0.717) is 0 Å². The summed E-state index contributed by atoms with van der Waals surface area (Å²) >= 11 is -6.68. The summed E-state index contributed by atoms with van der Waals surface area (Å²) in [5, 5.41) is 0. The summed E-state index contributed by atoms with van der Waals surface area (Å²) in [6.07, 6.45) is -2.13. The lowest BCUT2D eigenvalue weighted by atomic mass is 10.5. The third kappa shape index (κ3) is 6.15. The highest BCUT2D eigenvalue weighted by Gasteiger charge is 2.54. The summed E-state index contributed by atoms with van der Waals surface area (Å²) < 4.78 is 27.2. The second kappa shape index (κ2) is 8.63. The molecule has 0 saturated carbocycles. The number of carbonyl (C=O) groups is 6. The lowest BCUT2D eigenvalue weighted by Gasteiger charge is -2.18. The Balaban J connectivity index is 0.00000288. The Kier molecular flexibility index (Phi) is 7.15. The van der Waals surface area contributed by atoms with Gasteiger partial charge in [-0.15, -0.1) is 0 Å². The molecule has 2 rings (SSSR count). The lowest BCUT2D eigenvalue weighted by molar-refractivity contribution is -0.158. The maximum atomic E-state index is 11.4. The normalized spacial score (nSPS) is 16.8. The molecule has 0 radical (unpaired) electrons. The molecule has 0 aromatic rings. The van der Waals surface area contributed by atoms with Gasteiger partial charge in [-0.05, 0) is 0 Å². The van der Waals surface area contributed by atoms with E-state index in [9.17, 15) is 28.8 Å². The molecule has 0 atom stereocenters. The second-order valence-electron chi connectivity index (χ2n) is 4.05. The Hall–Kier alpha value is -2.16. The number of carbonyl (C=O) groups excluding carboxylic acids is 6. The van der Waals surface area contributed by atoms with Gasteiger partial charge in [-0.3, -0.25) is 28.8 Å². The van der Waals surface area contributed by atoms with Crippen molar-refractivity contribution in [2.24, 2.45) is 0 Å². The highest BCUT2D eigenvalue weighted by Crippen LogP contribution is 2.09. The van der Waals surface area contributed by atoms with Crippen molar-refractivity contribution < 1.29 is 57.0 Å². The summed E-state index contributed by atoms with van der Waals surface area (Å²) in [4.78, 5) is 66.7. The second-order valence-corrected chi connectivity index (χ2v) is 6.62. The lowest BCUT2D eigenvalue weighted by Crippen LogP contribution is -2.42. The standard InChI is InChI=1S/3C3H4O4.2Al.H2O/c3*4-2(5)1-3(6)7;;;/h3*1H2,(H,4,5)(H,6,7);;;1H2/q;;;2*+3;/p-6. The maximum Gasteiger partial charge on any atom is 1.20 e. The van der Waals surface area contributed by atoms with Gasteiger partial charge in [-0.25, -0.2) is 0 Å². The van der Waals surface area contributed by atoms with Crippen LogP contribution in [-0.2, 0) is 51.5 Å². The van der Waals surface area contributed by atoms with Crippen molar-refractivity contribution in [1.29, 1.82) is 0 Å². The largest absolute Gasteiger partial charge is 1.20 e. The number of rotatable bonds is 4. The van der Waals surface area contributed by atoms with Gasteiger partial charge in [0.25, 0.3) is 35.8 Å². The average molecular weight is 378 g/mol. The molecule has 0 spiro atoms. The Morgan fingerprint density at radius 1 is 0.750 bits per heavy atom. The Labute approximate surface area is 142 Å². The van der Waals surface area contributed by atoms with Crippen LogP contribution in [0.1, 0.15) is 19.3 Å². The summed E-state index contributed by atoms with van der Waals surface area (Å²) in [6, 6.07) is 0. The first kappa shape index (κ1) is 19.9. The van der Waals surface area contributed by atoms with Crippen molar-refractivity contribution in [1.82, 2.24) is 0 Å². The van der Waals surface area contributed by atoms with Crippen LogP contribution in [-0.4, -0.2) is 71.6 Å². The van der Waals surface area contributed by atoms with Gasteiger partial charge in [0.15, 0.2) is 0 Å². The van der Waals surface area contributed by atoms with E-state index in [4.69, 9.17) is 0 Å². The number of hydrogen-bond donors (Lipinski definition) is 0. The van der Waals surface area contributed by atoms with Crippen molar-refractivity contribution in [3.05, 3.63) is 0 Å². The van der Waals surface area contributed by atoms with Crippen molar-refractivity contribution in [3.8, 4) is 0 Å². The van der Waals surface area contributed by atoms with E-state index >= 15 is 0 Å². The highest BCUT2D eigenvalue weighted by molar-refractivity contribution is 6.47. The van der Waals surface area contributed by atoms with Gasteiger partial charge >= 0.3 is 30.3 Å². The van der Waals surface area contributed by atoms with Crippen LogP contribution in [0.15, 0.2) is 0 Å². The quantitative estimate of drug-likeness (QED) is 0.348. The molecule has 0 unspecified atom stereocenters. The third-order valence-electron chi connectivity index (χ3n) is 2.23. The van der Waals surface area contributed by atoms with Crippen LogP contribution in [0.5, 0.6) is 0 Å². The van der Waals surface area contributed by atoms with Gasteiger partial charge in [-0.2, -0.15) is 0 Å². The van der Waals surface area contributed by atoms with Crippen molar-refractivity contribution in [3.63, 3.8) is 0 Å². The first-order valence-electron chi connectivity index (χ1n) is 5.99. The molecule has 0 bridgehead atoms. The molecule has 128 valence electrons. The first-order valence-corrected chi connectivity index (χ1v) is 8.81. The van der Waals surface area contributed by atoms with Gasteiger partial charge in [0.1, 0.15) is 19.3 Å². The van der Waals surface area contributed by atoms with E-state index < -0.39 is 85.4 Å². The molecule has 24 heavy (non-hydrogen) atoms. The molecule has 2 aliphatic heterocycles. The van der Waals surface area contributed by atoms with Crippen LogP contribution in [0.2, 0.25) is 0 Å². The Bertz CT molecular complexity index is 504. The zero-order valence-electron chi connectivity index (χ0n) is 11.7. The van der Waals surface area contributed by atoms with Crippen molar-refractivity contribution >= 4 is 66.1 Å². The van der Waals surface area contributed by atoms with E-state index in [-0.39, 0.29) is 5.48 Å². The maximum absolute atomic E-state index is 11.4. The summed E-state index contributed by atoms with van der Waals surface area (Å²) in [5.41, 5.74) is 0. The summed E-state index contributed by atoms with van der Waals surface area (Å²) in [6.45, 7) is 0. The van der Waals surface area contributed by atoms with E-state index in [1.54, 1.807) is 0 Å². The van der Waals surface area contributed by atoms with Gasteiger partial charge < -0.3 is 28.2 Å². The number of hydrogen-bond acceptors (Lipinski definition) is 12. The van der Waals surface area contributed by atoms with Crippen LogP contribution < -0.4 is 0 Å². The molecule has 13 nitrogen and oxygen atoms in total. The van der Waals surface area contributed by atoms with E-state index in [0.717, 1.165) is 0 Å². The molecule has 2 heterocycles. The molecule has 0 aromatic carbocycles.